The number of carbonyl (C=O) groups excluding carboxylic acids is 1. The summed E-state index contributed by atoms with van der Waals surface area (Å²) in [6.45, 7) is 3.37. The van der Waals surface area contributed by atoms with Crippen LogP contribution in [0.25, 0.3) is 0 Å². The van der Waals surface area contributed by atoms with Gasteiger partial charge in [-0.25, -0.2) is 0 Å². The van der Waals surface area contributed by atoms with Gasteiger partial charge in [0.1, 0.15) is 0 Å². The molecule has 0 saturated heterocycles. The molecule has 4 heteroatoms. The molecule has 0 aromatic heterocycles. The molecule has 0 aliphatic heterocycles. The van der Waals surface area contributed by atoms with Gasteiger partial charge in [0.2, 0.25) is 0 Å². The third kappa shape index (κ3) is 5.01. The molecule has 1 aromatic carbocycles. The number of aliphatic hydroxyl groups is 1. The summed E-state index contributed by atoms with van der Waals surface area (Å²) in [6.07, 6.45) is 2.38. The van der Waals surface area contributed by atoms with Crippen LogP contribution in [-0.4, -0.2) is 30.7 Å². The Morgan fingerprint density at radius 1 is 1.42 bits per heavy atom. The number of amides is 1. The van der Waals surface area contributed by atoms with Gasteiger partial charge in [-0.3, -0.25) is 4.79 Å². The van der Waals surface area contributed by atoms with E-state index in [0.29, 0.717) is 31.0 Å². The molecule has 19 heavy (non-hydrogen) atoms. The monoisotopic (exact) mass is 264 g/mol. The fourth-order valence-electron chi connectivity index (χ4n) is 2.08. The predicted octanol–water partition coefficient (Wildman–Crippen LogP) is 1.33. The molecule has 0 aliphatic carbocycles. The zero-order chi connectivity index (χ0) is 14.1. The van der Waals surface area contributed by atoms with Gasteiger partial charge in [-0.05, 0) is 36.9 Å². The molecule has 0 saturated carbocycles. The number of nitrogens with two attached hydrogens (primary N) is 1. The van der Waals surface area contributed by atoms with Gasteiger partial charge >= 0.3 is 0 Å². The van der Waals surface area contributed by atoms with Crippen LogP contribution in [0.3, 0.4) is 0 Å². The van der Waals surface area contributed by atoms with Gasteiger partial charge < -0.3 is 16.2 Å². The normalized spacial score (nSPS) is 12.2. The Hall–Kier alpha value is -1.39. The van der Waals surface area contributed by atoms with E-state index in [9.17, 15) is 4.79 Å². The lowest BCUT2D eigenvalue weighted by Crippen LogP contribution is -2.30. The molecule has 106 valence electrons. The van der Waals surface area contributed by atoms with E-state index in [0.717, 1.165) is 18.4 Å². The van der Waals surface area contributed by atoms with Crippen LogP contribution >= 0.6 is 0 Å². The van der Waals surface area contributed by atoms with Crippen LogP contribution < -0.4 is 11.1 Å². The van der Waals surface area contributed by atoms with Crippen molar-refractivity contribution >= 4 is 5.91 Å². The topological polar surface area (TPSA) is 75.3 Å². The Labute approximate surface area is 115 Å². The zero-order valence-electron chi connectivity index (χ0n) is 11.6. The number of benzene rings is 1. The molecule has 0 bridgehead atoms. The second kappa shape index (κ2) is 8.67. The maximum Gasteiger partial charge on any atom is 0.251 e. The van der Waals surface area contributed by atoms with Gasteiger partial charge in [0.25, 0.3) is 5.91 Å². The zero-order valence-corrected chi connectivity index (χ0v) is 11.6. The van der Waals surface area contributed by atoms with E-state index < -0.39 is 0 Å². The SMILES string of the molecule is CCC(CCO)CNC(=O)c1ccccc1CCN. The Morgan fingerprint density at radius 3 is 2.79 bits per heavy atom. The largest absolute Gasteiger partial charge is 0.396 e. The van der Waals surface area contributed by atoms with Crippen LogP contribution in [0.4, 0.5) is 0 Å². The van der Waals surface area contributed by atoms with Crippen LogP contribution in [-0.2, 0) is 6.42 Å². The molecule has 1 rings (SSSR count). The van der Waals surface area contributed by atoms with Crippen molar-refractivity contribution < 1.29 is 9.90 Å². The standard InChI is InChI=1S/C15H24N2O2/c1-2-12(8-10-18)11-17-15(19)14-6-4-3-5-13(14)7-9-16/h3-6,12,18H,2,7-11,16H2,1H3,(H,17,19). The Balaban J connectivity index is 2.62. The number of aliphatic hydroxyl groups excluding tert-OH is 1. The number of hydrogen-bond acceptors (Lipinski definition) is 3. The van der Waals surface area contributed by atoms with Crippen molar-refractivity contribution in [2.75, 3.05) is 19.7 Å². The Bertz CT molecular complexity index is 393. The summed E-state index contributed by atoms with van der Waals surface area (Å²) in [5, 5.41) is 11.9. The van der Waals surface area contributed by atoms with E-state index in [1.54, 1.807) is 0 Å². The highest BCUT2D eigenvalue weighted by atomic mass is 16.3. The summed E-state index contributed by atoms with van der Waals surface area (Å²) in [5.74, 6) is 0.274. The average molecular weight is 264 g/mol. The smallest absolute Gasteiger partial charge is 0.251 e. The van der Waals surface area contributed by atoms with Crippen LogP contribution in [0.2, 0.25) is 0 Å². The van der Waals surface area contributed by atoms with Crippen LogP contribution in [0.15, 0.2) is 24.3 Å². The van der Waals surface area contributed by atoms with Gasteiger partial charge in [0.15, 0.2) is 0 Å². The first-order valence-corrected chi connectivity index (χ1v) is 6.89. The number of carbonyl (C=O) groups is 1. The highest BCUT2D eigenvalue weighted by Gasteiger charge is 2.12. The van der Waals surface area contributed by atoms with E-state index in [-0.39, 0.29) is 12.5 Å². The van der Waals surface area contributed by atoms with Gasteiger partial charge in [-0.2, -0.15) is 0 Å². The first kappa shape index (κ1) is 15.7. The van der Waals surface area contributed by atoms with Gasteiger partial charge in [0, 0.05) is 18.7 Å². The second-order valence-electron chi connectivity index (χ2n) is 4.69. The van der Waals surface area contributed by atoms with Crippen LogP contribution in [0.1, 0.15) is 35.7 Å². The summed E-state index contributed by atoms with van der Waals surface area (Å²) in [5.41, 5.74) is 7.24. The lowest BCUT2D eigenvalue weighted by molar-refractivity contribution is 0.0942. The lowest BCUT2D eigenvalue weighted by Gasteiger charge is -2.15. The van der Waals surface area contributed by atoms with Gasteiger partial charge in [0.05, 0.1) is 0 Å². The fourth-order valence-corrected chi connectivity index (χ4v) is 2.08. The molecule has 4 N–H and O–H groups in total. The lowest BCUT2D eigenvalue weighted by atomic mass is 10.0. The highest BCUT2D eigenvalue weighted by Crippen LogP contribution is 2.10. The van der Waals surface area contributed by atoms with Crippen molar-refractivity contribution in [3.05, 3.63) is 35.4 Å². The average Bonchev–Trinajstić information content (AvgIpc) is 2.44. The summed E-state index contributed by atoms with van der Waals surface area (Å²) < 4.78 is 0. The molecule has 0 fully saturated rings. The first-order chi connectivity index (χ1) is 9.22. The molecule has 1 atom stereocenters. The minimum atomic E-state index is -0.0551. The Kier molecular flexibility index (Phi) is 7.15. The van der Waals surface area contributed by atoms with Crippen molar-refractivity contribution in [3.63, 3.8) is 0 Å². The van der Waals surface area contributed by atoms with Gasteiger partial charge in [-0.1, -0.05) is 31.5 Å². The van der Waals surface area contributed by atoms with Crippen molar-refractivity contribution in [3.8, 4) is 0 Å². The second-order valence-corrected chi connectivity index (χ2v) is 4.69. The van der Waals surface area contributed by atoms with E-state index in [1.807, 2.05) is 24.3 Å². The quantitative estimate of drug-likeness (QED) is 0.663. The van der Waals surface area contributed by atoms with Crippen molar-refractivity contribution in [1.29, 1.82) is 0 Å². The third-order valence-corrected chi connectivity index (χ3v) is 3.34. The van der Waals surface area contributed by atoms with Crippen molar-refractivity contribution in [1.82, 2.24) is 5.32 Å². The maximum absolute atomic E-state index is 12.2. The summed E-state index contributed by atoms with van der Waals surface area (Å²) in [7, 11) is 0. The predicted molar refractivity (Wildman–Crippen MR) is 77.0 cm³/mol. The number of nitrogens with one attached hydrogen (secondary N) is 1. The van der Waals surface area contributed by atoms with E-state index in [4.69, 9.17) is 10.8 Å². The molecule has 1 aromatic rings. The molecule has 0 aliphatic rings. The number of rotatable bonds is 8. The molecule has 1 amide bonds. The fraction of sp³-hybridized carbons (Fsp3) is 0.533. The van der Waals surface area contributed by atoms with Crippen LogP contribution in [0, 0.1) is 5.92 Å². The number of hydrogen-bond donors (Lipinski definition) is 3. The first-order valence-electron chi connectivity index (χ1n) is 6.89. The molecule has 0 radical (unpaired) electrons. The van der Waals surface area contributed by atoms with Gasteiger partial charge in [-0.15, -0.1) is 0 Å². The maximum atomic E-state index is 12.2. The third-order valence-electron chi connectivity index (χ3n) is 3.34. The molecule has 0 heterocycles. The van der Waals surface area contributed by atoms with E-state index >= 15 is 0 Å². The summed E-state index contributed by atoms with van der Waals surface area (Å²) in [4.78, 5) is 12.2. The van der Waals surface area contributed by atoms with E-state index in [1.165, 1.54) is 0 Å². The van der Waals surface area contributed by atoms with Crippen LogP contribution in [0.5, 0.6) is 0 Å². The van der Waals surface area contributed by atoms with Crippen molar-refractivity contribution in [2.24, 2.45) is 11.7 Å². The highest BCUT2D eigenvalue weighted by molar-refractivity contribution is 5.95. The minimum absolute atomic E-state index is 0.0551. The molecular formula is C15H24N2O2. The Morgan fingerprint density at radius 2 is 2.16 bits per heavy atom. The molecule has 0 spiro atoms. The summed E-state index contributed by atoms with van der Waals surface area (Å²) in [6, 6.07) is 7.54. The molecule has 1 unspecified atom stereocenters. The molecular weight excluding hydrogens is 240 g/mol. The molecule has 4 nitrogen and oxygen atoms in total. The van der Waals surface area contributed by atoms with E-state index in [2.05, 4.69) is 12.2 Å². The van der Waals surface area contributed by atoms with Crippen molar-refractivity contribution in [2.45, 2.75) is 26.2 Å². The summed E-state index contributed by atoms with van der Waals surface area (Å²) >= 11 is 0. The minimum Gasteiger partial charge on any atom is -0.396 e.